The number of pyridine rings is 1. The first-order valence-electron chi connectivity index (χ1n) is 8.15. The standard InChI is InChI=1S/C16H25N5O3/c1-12-8-15(18-9-14(12)21(23)24)19(3)10-13-4-6-20(7-5-13)11-16(22)17-2/h8-9,13H,4-7,10-11H2,1-3H3,(H,17,22). The van der Waals surface area contributed by atoms with Crippen LogP contribution >= 0.6 is 0 Å². The second-order valence-electron chi connectivity index (χ2n) is 6.36. The van der Waals surface area contributed by atoms with Crippen molar-refractivity contribution in [2.45, 2.75) is 19.8 Å². The molecule has 1 amide bonds. The molecule has 2 rings (SSSR count). The number of aryl methyl sites for hydroxylation is 1. The summed E-state index contributed by atoms with van der Waals surface area (Å²) in [6, 6.07) is 1.76. The van der Waals surface area contributed by atoms with E-state index in [1.54, 1.807) is 20.0 Å². The largest absolute Gasteiger partial charge is 0.359 e. The van der Waals surface area contributed by atoms with Crippen molar-refractivity contribution < 1.29 is 9.72 Å². The molecule has 0 bridgehead atoms. The third-order valence-electron chi connectivity index (χ3n) is 4.54. The number of likely N-dealkylation sites (tertiary alicyclic amines) is 1. The smallest absolute Gasteiger partial charge is 0.290 e. The SMILES string of the molecule is CNC(=O)CN1CCC(CN(C)c2cc(C)c([N+](=O)[O-])cn2)CC1. The summed E-state index contributed by atoms with van der Waals surface area (Å²) in [5.74, 6) is 1.34. The zero-order valence-corrected chi connectivity index (χ0v) is 14.5. The average Bonchev–Trinajstić information content (AvgIpc) is 2.56. The number of carbonyl (C=O) groups excluding carboxylic acids is 1. The van der Waals surface area contributed by atoms with Crippen molar-refractivity contribution in [3.05, 3.63) is 27.9 Å². The van der Waals surface area contributed by atoms with Crippen LogP contribution in [0.1, 0.15) is 18.4 Å². The maximum atomic E-state index is 11.4. The molecular formula is C16H25N5O3. The zero-order chi connectivity index (χ0) is 17.7. The number of carbonyl (C=O) groups is 1. The molecular weight excluding hydrogens is 310 g/mol. The number of piperidine rings is 1. The normalized spacial score (nSPS) is 16.0. The number of anilines is 1. The molecule has 1 aromatic heterocycles. The fraction of sp³-hybridized carbons (Fsp3) is 0.625. The van der Waals surface area contributed by atoms with Crippen LogP contribution in [0.15, 0.2) is 12.3 Å². The number of nitro groups is 1. The molecule has 1 fully saturated rings. The molecule has 0 radical (unpaired) electrons. The van der Waals surface area contributed by atoms with Gasteiger partial charge in [0.15, 0.2) is 0 Å². The molecule has 0 spiro atoms. The third kappa shape index (κ3) is 4.64. The van der Waals surface area contributed by atoms with Crippen LogP contribution in [-0.2, 0) is 4.79 Å². The number of hydrogen-bond donors (Lipinski definition) is 1. The second-order valence-corrected chi connectivity index (χ2v) is 6.36. The summed E-state index contributed by atoms with van der Waals surface area (Å²) in [6.07, 6.45) is 3.40. The Morgan fingerprint density at radius 2 is 2.17 bits per heavy atom. The molecule has 0 aromatic carbocycles. The van der Waals surface area contributed by atoms with E-state index in [9.17, 15) is 14.9 Å². The molecule has 2 heterocycles. The number of rotatable bonds is 6. The number of amides is 1. The predicted molar refractivity (Wildman–Crippen MR) is 92.1 cm³/mol. The van der Waals surface area contributed by atoms with Crippen molar-refractivity contribution >= 4 is 17.4 Å². The Morgan fingerprint density at radius 1 is 1.50 bits per heavy atom. The van der Waals surface area contributed by atoms with Gasteiger partial charge in [0.2, 0.25) is 5.91 Å². The van der Waals surface area contributed by atoms with Crippen LogP contribution in [-0.4, -0.2) is 61.0 Å². The summed E-state index contributed by atoms with van der Waals surface area (Å²) in [7, 11) is 3.62. The van der Waals surface area contributed by atoms with Crippen molar-refractivity contribution in [2.75, 3.05) is 45.2 Å². The van der Waals surface area contributed by atoms with Crippen LogP contribution in [0.25, 0.3) is 0 Å². The van der Waals surface area contributed by atoms with Crippen LogP contribution in [0.5, 0.6) is 0 Å². The van der Waals surface area contributed by atoms with Gasteiger partial charge < -0.3 is 10.2 Å². The summed E-state index contributed by atoms with van der Waals surface area (Å²) < 4.78 is 0. The van der Waals surface area contributed by atoms with Gasteiger partial charge in [-0.3, -0.25) is 19.8 Å². The van der Waals surface area contributed by atoms with E-state index >= 15 is 0 Å². The number of hydrogen-bond acceptors (Lipinski definition) is 6. The molecule has 132 valence electrons. The van der Waals surface area contributed by atoms with Gasteiger partial charge >= 0.3 is 0 Å². The fourth-order valence-electron chi connectivity index (χ4n) is 3.02. The van der Waals surface area contributed by atoms with Gasteiger partial charge in [-0.25, -0.2) is 4.98 Å². The van der Waals surface area contributed by atoms with Gasteiger partial charge in [0.05, 0.1) is 11.5 Å². The van der Waals surface area contributed by atoms with E-state index in [1.807, 2.05) is 7.05 Å². The highest BCUT2D eigenvalue weighted by molar-refractivity contribution is 5.77. The Morgan fingerprint density at radius 3 is 2.71 bits per heavy atom. The topological polar surface area (TPSA) is 91.6 Å². The zero-order valence-electron chi connectivity index (χ0n) is 14.5. The van der Waals surface area contributed by atoms with E-state index in [2.05, 4.69) is 20.1 Å². The Balaban J connectivity index is 1.87. The molecule has 8 heteroatoms. The van der Waals surface area contributed by atoms with Crippen molar-refractivity contribution in [1.82, 2.24) is 15.2 Å². The maximum absolute atomic E-state index is 11.4. The quantitative estimate of drug-likeness (QED) is 0.620. The van der Waals surface area contributed by atoms with E-state index in [0.717, 1.165) is 38.3 Å². The average molecular weight is 335 g/mol. The first-order chi connectivity index (χ1) is 11.4. The minimum absolute atomic E-state index is 0.0506. The highest BCUT2D eigenvalue weighted by Crippen LogP contribution is 2.23. The van der Waals surface area contributed by atoms with Gasteiger partial charge in [-0.1, -0.05) is 0 Å². The molecule has 0 atom stereocenters. The van der Waals surface area contributed by atoms with E-state index in [0.29, 0.717) is 18.0 Å². The highest BCUT2D eigenvalue weighted by Gasteiger charge is 2.22. The first kappa shape index (κ1) is 18.1. The highest BCUT2D eigenvalue weighted by atomic mass is 16.6. The summed E-state index contributed by atoms with van der Waals surface area (Å²) in [4.78, 5) is 30.3. The van der Waals surface area contributed by atoms with Crippen molar-refractivity contribution in [3.63, 3.8) is 0 Å². The first-order valence-corrected chi connectivity index (χ1v) is 8.15. The molecule has 1 aliphatic rings. The van der Waals surface area contributed by atoms with E-state index < -0.39 is 4.92 Å². The molecule has 1 aliphatic heterocycles. The Bertz CT molecular complexity index is 599. The van der Waals surface area contributed by atoms with Crippen molar-refractivity contribution in [2.24, 2.45) is 5.92 Å². The van der Waals surface area contributed by atoms with Gasteiger partial charge in [0, 0.05) is 26.2 Å². The summed E-state index contributed by atoms with van der Waals surface area (Å²) in [6.45, 7) is 4.88. The number of nitrogens with one attached hydrogen (secondary N) is 1. The number of nitrogens with zero attached hydrogens (tertiary/aromatic N) is 4. The lowest BCUT2D eigenvalue weighted by Gasteiger charge is -2.33. The van der Waals surface area contributed by atoms with Gasteiger partial charge in [0.1, 0.15) is 12.0 Å². The van der Waals surface area contributed by atoms with Gasteiger partial charge in [-0.05, 0) is 44.8 Å². The molecule has 1 aromatic rings. The van der Waals surface area contributed by atoms with Crippen molar-refractivity contribution in [3.8, 4) is 0 Å². The lowest BCUT2D eigenvalue weighted by molar-refractivity contribution is -0.385. The minimum atomic E-state index is -0.408. The van der Waals surface area contributed by atoms with Gasteiger partial charge in [-0.15, -0.1) is 0 Å². The summed E-state index contributed by atoms with van der Waals surface area (Å²) >= 11 is 0. The maximum Gasteiger partial charge on any atom is 0.290 e. The molecule has 24 heavy (non-hydrogen) atoms. The molecule has 0 saturated carbocycles. The van der Waals surface area contributed by atoms with Crippen LogP contribution in [0.2, 0.25) is 0 Å². The monoisotopic (exact) mass is 335 g/mol. The van der Waals surface area contributed by atoms with E-state index in [-0.39, 0.29) is 11.6 Å². The van der Waals surface area contributed by atoms with E-state index in [1.165, 1.54) is 6.20 Å². The predicted octanol–water partition coefficient (Wildman–Crippen LogP) is 1.19. The minimum Gasteiger partial charge on any atom is -0.359 e. The Kier molecular flexibility index (Phi) is 6.08. The summed E-state index contributed by atoms with van der Waals surface area (Å²) in [5, 5.41) is 13.5. The van der Waals surface area contributed by atoms with Crippen LogP contribution in [0.4, 0.5) is 11.5 Å². The third-order valence-corrected chi connectivity index (χ3v) is 4.54. The Hall–Kier alpha value is -2.22. The van der Waals surface area contributed by atoms with Crippen LogP contribution < -0.4 is 10.2 Å². The van der Waals surface area contributed by atoms with Crippen molar-refractivity contribution in [1.29, 1.82) is 0 Å². The van der Waals surface area contributed by atoms with Crippen LogP contribution in [0.3, 0.4) is 0 Å². The number of likely N-dealkylation sites (N-methyl/N-ethyl adjacent to an activating group) is 1. The van der Waals surface area contributed by atoms with Gasteiger partial charge in [-0.2, -0.15) is 0 Å². The fourth-order valence-corrected chi connectivity index (χ4v) is 3.02. The molecule has 0 aliphatic carbocycles. The molecule has 0 unspecified atom stereocenters. The second kappa shape index (κ2) is 8.05. The molecule has 1 saturated heterocycles. The number of aromatic nitrogens is 1. The Labute approximate surface area is 142 Å². The molecule has 1 N–H and O–H groups in total. The lowest BCUT2D eigenvalue weighted by Crippen LogP contribution is -2.42. The summed E-state index contributed by atoms with van der Waals surface area (Å²) in [5.41, 5.74) is 0.673. The van der Waals surface area contributed by atoms with E-state index in [4.69, 9.17) is 0 Å². The molecule has 8 nitrogen and oxygen atoms in total. The lowest BCUT2D eigenvalue weighted by atomic mass is 9.96. The van der Waals surface area contributed by atoms with Gasteiger partial charge in [0.25, 0.3) is 5.69 Å². The van der Waals surface area contributed by atoms with Crippen LogP contribution in [0, 0.1) is 23.0 Å².